The Kier molecular flexibility index (Phi) is 4.44. The molecular formula is C20H15N3O5. The van der Waals surface area contributed by atoms with E-state index in [9.17, 15) is 14.4 Å². The molecule has 140 valence electrons. The topological polar surface area (TPSA) is 103 Å². The highest BCUT2D eigenvalue weighted by molar-refractivity contribution is 6.22. The number of hydrogen-bond acceptors (Lipinski definition) is 7. The highest BCUT2D eigenvalue weighted by atomic mass is 16.6. The Morgan fingerprint density at radius 2 is 1.61 bits per heavy atom. The molecule has 2 aromatic carbocycles. The van der Waals surface area contributed by atoms with Gasteiger partial charge in [0.2, 0.25) is 5.89 Å². The number of rotatable bonds is 5. The zero-order valence-corrected chi connectivity index (χ0v) is 14.9. The fraction of sp³-hybridized carbons (Fsp3) is 0.150. The van der Waals surface area contributed by atoms with Crippen LogP contribution in [0.4, 0.5) is 0 Å². The lowest BCUT2D eigenvalue weighted by Gasteiger charge is -2.15. The number of carbonyl (C=O) groups is 3. The van der Waals surface area contributed by atoms with E-state index in [1.54, 1.807) is 31.2 Å². The van der Waals surface area contributed by atoms with Gasteiger partial charge in [-0.1, -0.05) is 30.3 Å². The fourth-order valence-corrected chi connectivity index (χ4v) is 2.89. The molecule has 2 amide bonds. The summed E-state index contributed by atoms with van der Waals surface area (Å²) < 4.78 is 10.8. The zero-order chi connectivity index (χ0) is 19.7. The Bertz CT molecular complexity index is 1030. The Balaban J connectivity index is 1.41. The molecule has 0 spiro atoms. The van der Waals surface area contributed by atoms with Gasteiger partial charge in [-0.2, -0.15) is 0 Å². The zero-order valence-electron chi connectivity index (χ0n) is 14.9. The summed E-state index contributed by atoms with van der Waals surface area (Å²) in [6.07, 6.45) is -0.826. The van der Waals surface area contributed by atoms with Crippen molar-refractivity contribution in [3.05, 3.63) is 71.6 Å². The minimum absolute atomic E-state index is 0.120. The first-order valence-corrected chi connectivity index (χ1v) is 8.58. The van der Waals surface area contributed by atoms with Crippen LogP contribution in [0.15, 0.2) is 59.0 Å². The monoisotopic (exact) mass is 377 g/mol. The van der Waals surface area contributed by atoms with E-state index in [2.05, 4.69) is 10.2 Å². The number of benzene rings is 2. The summed E-state index contributed by atoms with van der Waals surface area (Å²) in [6, 6.07) is 15.6. The van der Waals surface area contributed by atoms with Gasteiger partial charge in [0.15, 0.2) is 6.10 Å². The molecule has 8 heteroatoms. The number of carbonyl (C=O) groups excluding carboxylic acids is 3. The largest absolute Gasteiger partial charge is 0.451 e. The van der Waals surface area contributed by atoms with Crippen molar-refractivity contribution >= 4 is 17.8 Å². The average molecular weight is 377 g/mol. The molecule has 8 nitrogen and oxygen atoms in total. The van der Waals surface area contributed by atoms with E-state index in [4.69, 9.17) is 9.15 Å². The molecule has 4 rings (SSSR count). The third kappa shape index (κ3) is 3.16. The van der Waals surface area contributed by atoms with E-state index >= 15 is 0 Å². The Morgan fingerprint density at radius 3 is 2.25 bits per heavy atom. The first-order chi connectivity index (χ1) is 13.5. The van der Waals surface area contributed by atoms with Crippen molar-refractivity contribution in [2.75, 3.05) is 6.54 Å². The molecule has 1 aliphatic heterocycles. The molecule has 0 radical (unpaired) electrons. The number of hydrogen-bond donors (Lipinski definition) is 0. The SMILES string of the molecule is C[C@@H](OC(=O)CN1C(=O)c2ccccc2C1=O)c1nnc(-c2ccccc2)o1. The standard InChI is InChI=1S/C20H15N3O5/c1-12(17-21-22-18(28-17)13-7-3-2-4-8-13)27-16(24)11-23-19(25)14-9-5-6-10-15(14)20(23)26/h2-10,12H,11H2,1H3/t12-/m1/s1. The molecule has 0 aliphatic carbocycles. The third-order valence-corrected chi connectivity index (χ3v) is 4.28. The minimum Gasteiger partial charge on any atom is -0.451 e. The maximum Gasteiger partial charge on any atom is 0.326 e. The van der Waals surface area contributed by atoms with Crippen molar-refractivity contribution in [1.82, 2.24) is 15.1 Å². The van der Waals surface area contributed by atoms with Crippen molar-refractivity contribution in [3.63, 3.8) is 0 Å². The maximum absolute atomic E-state index is 12.3. The number of amides is 2. The molecule has 0 unspecified atom stereocenters. The lowest BCUT2D eigenvalue weighted by Crippen LogP contribution is -2.36. The van der Waals surface area contributed by atoms with Crippen LogP contribution in [0, 0.1) is 0 Å². The molecule has 1 aromatic heterocycles. The van der Waals surface area contributed by atoms with Crippen molar-refractivity contribution in [2.24, 2.45) is 0 Å². The highest BCUT2D eigenvalue weighted by Crippen LogP contribution is 2.24. The molecule has 3 aromatic rings. The van der Waals surface area contributed by atoms with Gasteiger partial charge in [-0.25, -0.2) is 0 Å². The van der Waals surface area contributed by atoms with Crippen LogP contribution >= 0.6 is 0 Å². The van der Waals surface area contributed by atoms with Crippen molar-refractivity contribution < 1.29 is 23.5 Å². The predicted molar refractivity (Wildman–Crippen MR) is 96.0 cm³/mol. The number of esters is 1. The van der Waals surface area contributed by atoms with Gasteiger partial charge in [-0.3, -0.25) is 19.3 Å². The fourth-order valence-electron chi connectivity index (χ4n) is 2.89. The average Bonchev–Trinajstić information content (AvgIpc) is 3.29. The van der Waals surface area contributed by atoms with Gasteiger partial charge in [0.25, 0.3) is 17.7 Å². The second-order valence-corrected chi connectivity index (χ2v) is 6.19. The number of aromatic nitrogens is 2. The van der Waals surface area contributed by atoms with E-state index in [1.807, 2.05) is 30.3 Å². The van der Waals surface area contributed by atoms with Crippen LogP contribution in [-0.2, 0) is 9.53 Å². The summed E-state index contributed by atoms with van der Waals surface area (Å²) in [4.78, 5) is 37.7. The third-order valence-electron chi connectivity index (χ3n) is 4.28. The first-order valence-electron chi connectivity index (χ1n) is 8.58. The molecule has 2 heterocycles. The van der Waals surface area contributed by atoms with Crippen LogP contribution < -0.4 is 0 Å². The first kappa shape index (κ1) is 17.6. The van der Waals surface area contributed by atoms with Crippen LogP contribution in [-0.4, -0.2) is 39.4 Å². The van der Waals surface area contributed by atoms with E-state index in [-0.39, 0.29) is 17.0 Å². The van der Waals surface area contributed by atoms with Gasteiger partial charge >= 0.3 is 5.97 Å². The van der Waals surface area contributed by atoms with Gasteiger partial charge in [0.1, 0.15) is 6.54 Å². The van der Waals surface area contributed by atoms with E-state index in [0.717, 1.165) is 10.5 Å². The second kappa shape index (κ2) is 7.07. The van der Waals surface area contributed by atoms with Gasteiger partial charge in [-0.05, 0) is 31.2 Å². The smallest absolute Gasteiger partial charge is 0.326 e. The molecule has 0 saturated carbocycles. The normalized spacial score (nSPS) is 14.1. The van der Waals surface area contributed by atoms with Crippen molar-refractivity contribution in [2.45, 2.75) is 13.0 Å². The Labute approximate surface area is 159 Å². The summed E-state index contributed by atoms with van der Waals surface area (Å²) in [6.45, 7) is 1.08. The highest BCUT2D eigenvalue weighted by Gasteiger charge is 2.37. The summed E-state index contributed by atoms with van der Waals surface area (Å²) >= 11 is 0. The van der Waals surface area contributed by atoms with Gasteiger partial charge in [0.05, 0.1) is 11.1 Å². The lowest BCUT2D eigenvalue weighted by molar-refractivity contribution is -0.149. The van der Waals surface area contributed by atoms with Crippen molar-refractivity contribution in [3.8, 4) is 11.5 Å². The van der Waals surface area contributed by atoms with Gasteiger partial charge < -0.3 is 9.15 Å². The predicted octanol–water partition coefficient (Wildman–Crippen LogP) is 2.64. The van der Waals surface area contributed by atoms with Crippen LogP contribution in [0.5, 0.6) is 0 Å². The summed E-state index contributed by atoms with van der Waals surface area (Å²) in [5.41, 5.74) is 1.29. The number of ether oxygens (including phenoxy) is 1. The molecule has 0 N–H and O–H groups in total. The maximum atomic E-state index is 12.3. The van der Waals surface area contributed by atoms with Gasteiger partial charge in [-0.15, -0.1) is 10.2 Å². The van der Waals surface area contributed by atoms with E-state index in [1.165, 1.54) is 0 Å². The number of imide groups is 1. The second-order valence-electron chi connectivity index (χ2n) is 6.19. The number of fused-ring (bicyclic) bond motifs is 1. The summed E-state index contributed by atoms with van der Waals surface area (Å²) in [5, 5.41) is 7.84. The molecule has 0 bridgehead atoms. The molecule has 0 saturated heterocycles. The van der Waals surface area contributed by atoms with Gasteiger partial charge in [0, 0.05) is 5.56 Å². The molecule has 1 atom stereocenters. The lowest BCUT2D eigenvalue weighted by atomic mass is 10.1. The van der Waals surface area contributed by atoms with Crippen LogP contribution in [0.2, 0.25) is 0 Å². The Hall–Kier alpha value is -3.81. The van der Waals surface area contributed by atoms with Crippen LogP contribution in [0.1, 0.15) is 39.6 Å². The van der Waals surface area contributed by atoms with Crippen LogP contribution in [0.3, 0.4) is 0 Å². The Morgan fingerprint density at radius 1 is 1.00 bits per heavy atom. The molecule has 0 fully saturated rings. The van der Waals surface area contributed by atoms with E-state index < -0.39 is 30.4 Å². The van der Waals surface area contributed by atoms with Crippen molar-refractivity contribution in [1.29, 1.82) is 0 Å². The summed E-state index contributed by atoms with van der Waals surface area (Å²) in [7, 11) is 0. The molecule has 28 heavy (non-hydrogen) atoms. The summed E-state index contributed by atoms with van der Waals surface area (Å²) in [5.74, 6) is -1.36. The number of nitrogens with zero attached hydrogens (tertiary/aromatic N) is 3. The van der Waals surface area contributed by atoms with Crippen LogP contribution in [0.25, 0.3) is 11.5 Å². The minimum atomic E-state index is -0.826. The molecule has 1 aliphatic rings. The van der Waals surface area contributed by atoms with E-state index in [0.29, 0.717) is 5.89 Å². The molecular weight excluding hydrogens is 362 g/mol. The quantitative estimate of drug-likeness (QED) is 0.497.